The smallest absolute Gasteiger partial charge is 0.132 e. The van der Waals surface area contributed by atoms with Crippen molar-refractivity contribution in [1.29, 1.82) is 10.5 Å². The molecule has 94 valence electrons. The van der Waals surface area contributed by atoms with E-state index < -0.39 is 0 Å². The predicted molar refractivity (Wildman–Crippen MR) is 74.6 cm³/mol. The summed E-state index contributed by atoms with van der Waals surface area (Å²) in [6.07, 6.45) is 9.70. The van der Waals surface area contributed by atoms with E-state index in [2.05, 4.69) is 11.9 Å². The minimum absolute atomic E-state index is 0.234. The summed E-state index contributed by atoms with van der Waals surface area (Å²) in [5, 5.41) is 17.9. The van der Waals surface area contributed by atoms with Gasteiger partial charge in [0.25, 0.3) is 0 Å². The first-order chi connectivity index (χ1) is 9.22. The first-order valence-electron chi connectivity index (χ1n) is 6.28. The van der Waals surface area contributed by atoms with Crippen molar-refractivity contribution in [2.45, 2.75) is 19.8 Å². The number of nitriles is 2. The largest absolute Gasteiger partial charge is 0.362 e. The number of aromatic amines is 1. The molecule has 0 saturated heterocycles. The standard InChI is InChI=1S/C16H15N3/c1-12-7-13(4-5-16-3-2-6-19-16)9-14(8-12)15(10-17)11-18/h2-6,9,12,19H,7-8H2,1H3/b5-4+. The van der Waals surface area contributed by atoms with Crippen LogP contribution < -0.4 is 0 Å². The Morgan fingerprint density at radius 3 is 2.74 bits per heavy atom. The zero-order valence-electron chi connectivity index (χ0n) is 10.9. The van der Waals surface area contributed by atoms with Crippen LogP contribution >= 0.6 is 0 Å². The Morgan fingerprint density at radius 1 is 1.32 bits per heavy atom. The summed E-state index contributed by atoms with van der Waals surface area (Å²) in [5.41, 5.74) is 3.30. The maximum Gasteiger partial charge on any atom is 0.132 e. The summed E-state index contributed by atoms with van der Waals surface area (Å²) >= 11 is 0. The third-order valence-corrected chi connectivity index (χ3v) is 3.16. The lowest BCUT2D eigenvalue weighted by Crippen LogP contribution is -2.05. The number of aromatic nitrogens is 1. The Hall–Kier alpha value is -2.52. The van der Waals surface area contributed by atoms with E-state index in [9.17, 15) is 0 Å². The maximum atomic E-state index is 8.95. The third-order valence-electron chi connectivity index (χ3n) is 3.16. The van der Waals surface area contributed by atoms with E-state index >= 15 is 0 Å². The fourth-order valence-electron chi connectivity index (χ4n) is 2.30. The average molecular weight is 249 g/mol. The number of hydrogen-bond acceptors (Lipinski definition) is 2. The van der Waals surface area contributed by atoms with E-state index in [1.165, 1.54) is 0 Å². The molecule has 0 spiro atoms. The van der Waals surface area contributed by atoms with Gasteiger partial charge in [0, 0.05) is 11.9 Å². The van der Waals surface area contributed by atoms with Gasteiger partial charge in [0.15, 0.2) is 0 Å². The van der Waals surface area contributed by atoms with Crippen LogP contribution in [0, 0.1) is 28.6 Å². The topological polar surface area (TPSA) is 63.4 Å². The van der Waals surface area contributed by atoms with E-state index in [0.29, 0.717) is 5.92 Å². The van der Waals surface area contributed by atoms with Gasteiger partial charge in [-0.2, -0.15) is 10.5 Å². The molecule has 1 aromatic rings. The zero-order valence-corrected chi connectivity index (χ0v) is 10.9. The highest BCUT2D eigenvalue weighted by Gasteiger charge is 2.16. The van der Waals surface area contributed by atoms with Gasteiger partial charge in [-0.1, -0.05) is 19.1 Å². The van der Waals surface area contributed by atoms with Crippen molar-refractivity contribution >= 4 is 6.08 Å². The highest BCUT2D eigenvalue weighted by molar-refractivity contribution is 5.53. The second-order valence-corrected chi connectivity index (χ2v) is 4.82. The van der Waals surface area contributed by atoms with Gasteiger partial charge in [0.1, 0.15) is 17.7 Å². The van der Waals surface area contributed by atoms with E-state index in [-0.39, 0.29) is 5.57 Å². The Kier molecular flexibility index (Phi) is 4.00. The lowest BCUT2D eigenvalue weighted by Gasteiger charge is -2.19. The molecule has 0 aromatic carbocycles. The summed E-state index contributed by atoms with van der Waals surface area (Å²) in [6, 6.07) is 7.90. The molecular formula is C16H15N3. The highest BCUT2D eigenvalue weighted by Crippen LogP contribution is 2.30. The van der Waals surface area contributed by atoms with Crippen LogP contribution in [0.2, 0.25) is 0 Å². The number of nitrogens with zero attached hydrogens (tertiary/aromatic N) is 2. The van der Waals surface area contributed by atoms with Crippen LogP contribution in [-0.4, -0.2) is 4.98 Å². The Morgan fingerprint density at radius 2 is 2.11 bits per heavy atom. The van der Waals surface area contributed by atoms with Gasteiger partial charge in [0.2, 0.25) is 0 Å². The Bertz CT molecular complexity index is 600. The first-order valence-corrected chi connectivity index (χ1v) is 6.28. The molecule has 1 heterocycles. The summed E-state index contributed by atoms with van der Waals surface area (Å²) in [7, 11) is 0. The van der Waals surface area contributed by atoms with Crippen molar-refractivity contribution in [3.05, 3.63) is 52.9 Å². The molecule has 1 aliphatic rings. The number of hydrogen-bond donors (Lipinski definition) is 1. The molecule has 0 amide bonds. The highest BCUT2D eigenvalue weighted by atomic mass is 14.7. The van der Waals surface area contributed by atoms with Crippen LogP contribution in [0.4, 0.5) is 0 Å². The number of allylic oxidation sites excluding steroid dienone is 5. The van der Waals surface area contributed by atoms with E-state index in [4.69, 9.17) is 10.5 Å². The first kappa shape index (κ1) is 12.9. The molecule has 19 heavy (non-hydrogen) atoms. The quantitative estimate of drug-likeness (QED) is 0.812. The van der Waals surface area contributed by atoms with E-state index in [1.807, 2.05) is 48.7 Å². The molecule has 0 aliphatic heterocycles. The monoisotopic (exact) mass is 249 g/mol. The molecule has 0 bridgehead atoms. The normalized spacial score (nSPS) is 18.8. The van der Waals surface area contributed by atoms with E-state index in [1.54, 1.807) is 0 Å². The van der Waals surface area contributed by atoms with Crippen LogP contribution in [0.15, 0.2) is 47.2 Å². The summed E-state index contributed by atoms with van der Waals surface area (Å²) < 4.78 is 0. The average Bonchev–Trinajstić information content (AvgIpc) is 2.90. The molecule has 1 aliphatic carbocycles. The van der Waals surface area contributed by atoms with Gasteiger partial charge < -0.3 is 4.98 Å². The fraction of sp³-hybridized carbons (Fsp3) is 0.250. The number of nitrogens with one attached hydrogen (secondary N) is 1. The molecule has 2 rings (SSSR count). The van der Waals surface area contributed by atoms with Gasteiger partial charge in [-0.05, 0) is 48.1 Å². The molecule has 3 heteroatoms. The minimum Gasteiger partial charge on any atom is -0.362 e. The van der Waals surface area contributed by atoms with Gasteiger partial charge in [-0.15, -0.1) is 0 Å². The molecule has 1 unspecified atom stereocenters. The molecule has 3 nitrogen and oxygen atoms in total. The lowest BCUT2D eigenvalue weighted by atomic mass is 9.85. The van der Waals surface area contributed by atoms with Crippen molar-refractivity contribution in [3.8, 4) is 12.1 Å². The van der Waals surface area contributed by atoms with Crippen LogP contribution in [0.5, 0.6) is 0 Å². The van der Waals surface area contributed by atoms with Crippen molar-refractivity contribution in [1.82, 2.24) is 4.98 Å². The maximum absolute atomic E-state index is 8.95. The number of rotatable bonds is 2. The van der Waals surface area contributed by atoms with Gasteiger partial charge in [0.05, 0.1) is 0 Å². The lowest BCUT2D eigenvalue weighted by molar-refractivity contribution is 0.565. The summed E-state index contributed by atoms with van der Waals surface area (Å²) in [4.78, 5) is 3.11. The minimum atomic E-state index is 0.234. The van der Waals surface area contributed by atoms with Crippen molar-refractivity contribution in [3.63, 3.8) is 0 Å². The zero-order chi connectivity index (χ0) is 13.7. The van der Waals surface area contributed by atoms with Crippen molar-refractivity contribution in [2.24, 2.45) is 5.92 Å². The molecule has 0 saturated carbocycles. The van der Waals surface area contributed by atoms with Crippen LogP contribution in [-0.2, 0) is 0 Å². The fourth-order valence-corrected chi connectivity index (χ4v) is 2.30. The summed E-state index contributed by atoms with van der Waals surface area (Å²) in [5.74, 6) is 0.458. The number of H-pyrrole nitrogens is 1. The SMILES string of the molecule is CC1CC(/C=C/c2ccc[nH]2)=CC(=C(C#N)C#N)C1. The van der Waals surface area contributed by atoms with Crippen LogP contribution in [0.25, 0.3) is 6.08 Å². The summed E-state index contributed by atoms with van der Waals surface area (Å²) in [6.45, 7) is 2.14. The second kappa shape index (κ2) is 5.89. The Balaban J connectivity index is 2.28. The van der Waals surface area contributed by atoms with E-state index in [0.717, 1.165) is 29.7 Å². The van der Waals surface area contributed by atoms with Gasteiger partial charge in [-0.3, -0.25) is 0 Å². The second-order valence-electron chi connectivity index (χ2n) is 4.82. The molecule has 1 atom stereocenters. The molecule has 1 aromatic heterocycles. The van der Waals surface area contributed by atoms with Gasteiger partial charge >= 0.3 is 0 Å². The van der Waals surface area contributed by atoms with Gasteiger partial charge in [-0.25, -0.2) is 0 Å². The molecule has 1 N–H and O–H groups in total. The van der Waals surface area contributed by atoms with Crippen molar-refractivity contribution in [2.75, 3.05) is 0 Å². The third kappa shape index (κ3) is 3.24. The van der Waals surface area contributed by atoms with Crippen LogP contribution in [0.3, 0.4) is 0 Å². The Labute approximate surface area is 113 Å². The van der Waals surface area contributed by atoms with Crippen molar-refractivity contribution < 1.29 is 0 Å². The molecular weight excluding hydrogens is 234 g/mol. The molecule has 0 radical (unpaired) electrons. The predicted octanol–water partition coefficient (Wildman–Crippen LogP) is 3.73. The van der Waals surface area contributed by atoms with Crippen LogP contribution in [0.1, 0.15) is 25.5 Å². The molecule has 0 fully saturated rings.